The molecule has 1 aliphatic rings. The zero-order chi connectivity index (χ0) is 11.4. The molecule has 1 fully saturated rings. The molecule has 0 radical (unpaired) electrons. The minimum absolute atomic E-state index is 0.00523. The van der Waals surface area contributed by atoms with E-state index in [9.17, 15) is 9.59 Å². The van der Waals surface area contributed by atoms with Crippen LogP contribution in [-0.4, -0.2) is 36.3 Å². The minimum Gasteiger partial charge on any atom is -0.432 e. The highest BCUT2D eigenvalue weighted by molar-refractivity contribution is 5.80. The molecule has 0 saturated carbocycles. The van der Waals surface area contributed by atoms with Crippen molar-refractivity contribution in [3.63, 3.8) is 0 Å². The fraction of sp³-hybridized carbons (Fsp3) is 0.800. The highest BCUT2D eigenvalue weighted by Crippen LogP contribution is 2.16. The number of rotatable bonds is 3. The van der Waals surface area contributed by atoms with Crippen molar-refractivity contribution in [2.24, 2.45) is 5.92 Å². The largest absolute Gasteiger partial charge is 0.510 e. The Labute approximate surface area is 89.3 Å². The number of hydrogen-bond acceptors (Lipinski definition) is 4. The molecule has 5 heteroatoms. The molecule has 5 nitrogen and oxygen atoms in total. The fourth-order valence-corrected chi connectivity index (χ4v) is 1.38. The molecule has 0 N–H and O–H groups in total. The Morgan fingerprint density at radius 3 is 2.73 bits per heavy atom. The van der Waals surface area contributed by atoms with E-state index in [1.807, 2.05) is 6.92 Å². The topological polar surface area (TPSA) is 55.8 Å². The van der Waals surface area contributed by atoms with Crippen molar-refractivity contribution in [3.05, 3.63) is 0 Å². The van der Waals surface area contributed by atoms with E-state index in [1.165, 1.54) is 4.90 Å². The van der Waals surface area contributed by atoms with Crippen LogP contribution in [0.3, 0.4) is 0 Å². The number of amides is 1. The van der Waals surface area contributed by atoms with Crippen molar-refractivity contribution in [2.45, 2.75) is 33.3 Å². The summed E-state index contributed by atoms with van der Waals surface area (Å²) >= 11 is 0. The normalized spacial score (nSPS) is 20.9. The first-order valence-corrected chi connectivity index (χ1v) is 5.13. The van der Waals surface area contributed by atoms with Crippen LogP contribution in [0.4, 0.5) is 4.79 Å². The summed E-state index contributed by atoms with van der Waals surface area (Å²) in [6, 6.07) is 0. The Hall–Kier alpha value is -1.26. The van der Waals surface area contributed by atoms with Gasteiger partial charge >= 0.3 is 6.16 Å². The molecule has 1 aliphatic heterocycles. The van der Waals surface area contributed by atoms with Crippen molar-refractivity contribution in [3.8, 4) is 0 Å². The Morgan fingerprint density at radius 1 is 1.60 bits per heavy atom. The van der Waals surface area contributed by atoms with Crippen molar-refractivity contribution >= 4 is 12.1 Å². The van der Waals surface area contributed by atoms with Crippen LogP contribution >= 0.6 is 0 Å². The molecule has 0 aliphatic carbocycles. The van der Waals surface area contributed by atoms with E-state index < -0.39 is 6.16 Å². The maximum Gasteiger partial charge on any atom is 0.510 e. The molecule has 15 heavy (non-hydrogen) atoms. The maximum atomic E-state index is 11.4. The minimum atomic E-state index is -0.725. The summed E-state index contributed by atoms with van der Waals surface area (Å²) in [6.45, 7) is 5.99. The molecule has 1 atom stereocenters. The summed E-state index contributed by atoms with van der Waals surface area (Å²) < 4.78 is 9.57. The smallest absolute Gasteiger partial charge is 0.432 e. The predicted octanol–water partition coefficient (Wildman–Crippen LogP) is 1.37. The molecular weight excluding hydrogens is 198 g/mol. The number of carbonyl (C=O) groups excluding carboxylic acids is 2. The van der Waals surface area contributed by atoms with Crippen LogP contribution in [-0.2, 0) is 14.3 Å². The van der Waals surface area contributed by atoms with Gasteiger partial charge in [-0.05, 0) is 20.3 Å². The molecular formula is C10H17NO4. The van der Waals surface area contributed by atoms with Gasteiger partial charge in [0.05, 0.1) is 6.10 Å². The molecule has 1 heterocycles. The number of likely N-dealkylation sites (tertiary alicyclic amines) is 1. The van der Waals surface area contributed by atoms with E-state index in [2.05, 4.69) is 0 Å². The standard InChI is InChI=1S/C10H17NO4/c1-7(2)15-10(13)14-6-11-5-4-8(3)9(11)12/h7-8H,4-6H2,1-3H3. The average Bonchev–Trinajstić information content (AvgIpc) is 2.44. The van der Waals surface area contributed by atoms with Gasteiger partial charge in [-0.3, -0.25) is 4.79 Å². The molecule has 1 unspecified atom stereocenters. The first-order valence-electron chi connectivity index (χ1n) is 5.13. The van der Waals surface area contributed by atoms with Crippen LogP contribution in [0.5, 0.6) is 0 Å². The van der Waals surface area contributed by atoms with Crippen molar-refractivity contribution in [1.29, 1.82) is 0 Å². The van der Waals surface area contributed by atoms with Crippen LogP contribution < -0.4 is 0 Å². The van der Waals surface area contributed by atoms with E-state index in [4.69, 9.17) is 9.47 Å². The highest BCUT2D eigenvalue weighted by atomic mass is 16.7. The van der Waals surface area contributed by atoms with Gasteiger partial charge in [-0.15, -0.1) is 0 Å². The highest BCUT2D eigenvalue weighted by Gasteiger charge is 2.28. The zero-order valence-electron chi connectivity index (χ0n) is 9.36. The Bertz CT molecular complexity index is 252. The third-order valence-corrected chi connectivity index (χ3v) is 2.24. The summed E-state index contributed by atoms with van der Waals surface area (Å²) in [4.78, 5) is 24.0. The summed E-state index contributed by atoms with van der Waals surface area (Å²) in [6.07, 6.45) is -0.107. The summed E-state index contributed by atoms with van der Waals surface area (Å²) in [7, 11) is 0. The van der Waals surface area contributed by atoms with Crippen molar-refractivity contribution in [2.75, 3.05) is 13.3 Å². The second kappa shape index (κ2) is 5.00. The Morgan fingerprint density at radius 2 is 2.27 bits per heavy atom. The molecule has 86 valence electrons. The van der Waals surface area contributed by atoms with Gasteiger partial charge in [0.15, 0.2) is 6.73 Å². The molecule has 0 aromatic rings. The number of nitrogens with zero attached hydrogens (tertiary/aromatic N) is 1. The summed E-state index contributed by atoms with van der Waals surface area (Å²) in [5.74, 6) is 0.0714. The lowest BCUT2D eigenvalue weighted by atomic mass is 10.1. The number of carbonyl (C=O) groups is 2. The van der Waals surface area contributed by atoms with Crippen LogP contribution in [0, 0.1) is 5.92 Å². The van der Waals surface area contributed by atoms with E-state index in [1.54, 1.807) is 13.8 Å². The lowest BCUT2D eigenvalue weighted by molar-refractivity contribution is -0.134. The molecule has 1 saturated heterocycles. The second-order valence-corrected chi connectivity index (χ2v) is 3.98. The lowest BCUT2D eigenvalue weighted by Crippen LogP contribution is -2.31. The van der Waals surface area contributed by atoms with E-state index in [0.29, 0.717) is 6.54 Å². The Kier molecular flexibility index (Phi) is 3.94. The lowest BCUT2D eigenvalue weighted by Gasteiger charge is -2.16. The van der Waals surface area contributed by atoms with Gasteiger partial charge in [0.2, 0.25) is 5.91 Å². The predicted molar refractivity (Wildman–Crippen MR) is 53.1 cm³/mol. The van der Waals surface area contributed by atoms with Gasteiger partial charge in [0.25, 0.3) is 0 Å². The van der Waals surface area contributed by atoms with E-state index >= 15 is 0 Å². The first-order chi connectivity index (χ1) is 7.00. The van der Waals surface area contributed by atoms with Gasteiger partial charge in [-0.2, -0.15) is 0 Å². The van der Waals surface area contributed by atoms with Crippen molar-refractivity contribution < 1.29 is 19.1 Å². The van der Waals surface area contributed by atoms with Crippen LogP contribution in [0.2, 0.25) is 0 Å². The van der Waals surface area contributed by atoms with Crippen molar-refractivity contribution in [1.82, 2.24) is 4.90 Å². The molecule has 0 aromatic carbocycles. The summed E-state index contributed by atoms with van der Waals surface area (Å²) in [5, 5.41) is 0. The molecule has 1 amide bonds. The zero-order valence-corrected chi connectivity index (χ0v) is 9.36. The SMILES string of the molecule is CC(C)OC(=O)OCN1CCC(C)C1=O. The van der Waals surface area contributed by atoms with Gasteiger partial charge in [-0.25, -0.2) is 4.79 Å². The summed E-state index contributed by atoms with van der Waals surface area (Å²) in [5.41, 5.74) is 0. The third kappa shape index (κ3) is 3.42. The molecule has 0 spiro atoms. The molecule has 0 bridgehead atoms. The molecule has 1 rings (SSSR count). The third-order valence-electron chi connectivity index (χ3n) is 2.24. The van der Waals surface area contributed by atoms with Gasteiger partial charge in [0, 0.05) is 12.5 Å². The Balaban J connectivity index is 2.26. The van der Waals surface area contributed by atoms with Gasteiger partial charge < -0.3 is 14.4 Å². The molecule has 0 aromatic heterocycles. The van der Waals surface area contributed by atoms with Gasteiger partial charge in [-0.1, -0.05) is 6.92 Å². The van der Waals surface area contributed by atoms with E-state index in [-0.39, 0.29) is 24.7 Å². The van der Waals surface area contributed by atoms with Crippen LogP contribution in [0.15, 0.2) is 0 Å². The number of ether oxygens (including phenoxy) is 2. The maximum absolute atomic E-state index is 11.4. The van der Waals surface area contributed by atoms with Gasteiger partial charge in [0.1, 0.15) is 0 Å². The average molecular weight is 215 g/mol. The quantitative estimate of drug-likeness (QED) is 0.667. The second-order valence-electron chi connectivity index (χ2n) is 3.98. The number of hydrogen-bond donors (Lipinski definition) is 0. The van der Waals surface area contributed by atoms with E-state index in [0.717, 1.165) is 6.42 Å². The fourth-order valence-electron chi connectivity index (χ4n) is 1.38. The first kappa shape index (κ1) is 11.8. The van der Waals surface area contributed by atoms with Crippen LogP contribution in [0.25, 0.3) is 0 Å². The van der Waals surface area contributed by atoms with Crippen LogP contribution in [0.1, 0.15) is 27.2 Å². The monoisotopic (exact) mass is 215 g/mol.